The quantitative estimate of drug-likeness (QED) is 0.763. The van der Waals surface area contributed by atoms with Gasteiger partial charge in [-0.15, -0.1) is 0 Å². The highest BCUT2D eigenvalue weighted by Crippen LogP contribution is 2.34. The van der Waals surface area contributed by atoms with E-state index in [1.807, 2.05) is 13.0 Å². The third-order valence-electron chi connectivity index (χ3n) is 2.58. The van der Waals surface area contributed by atoms with E-state index in [-0.39, 0.29) is 0 Å². The molecule has 0 atom stereocenters. The Bertz CT molecular complexity index is 582. The Kier molecular flexibility index (Phi) is 3.46. The van der Waals surface area contributed by atoms with Crippen LogP contribution in [0.25, 0.3) is 11.3 Å². The van der Waals surface area contributed by atoms with E-state index in [2.05, 4.69) is 4.98 Å². The second-order valence-corrected chi connectivity index (χ2v) is 4.38. The van der Waals surface area contributed by atoms with Gasteiger partial charge in [-0.25, -0.2) is 0 Å². The Balaban J connectivity index is 2.69. The van der Waals surface area contributed by atoms with Gasteiger partial charge in [-0.3, -0.25) is 9.78 Å². The first kappa shape index (κ1) is 12.1. The molecule has 0 aliphatic rings. The van der Waals surface area contributed by atoms with E-state index in [4.69, 9.17) is 23.2 Å². The summed E-state index contributed by atoms with van der Waals surface area (Å²) in [6, 6.07) is 7.02. The molecule has 17 heavy (non-hydrogen) atoms. The molecule has 0 bridgehead atoms. The van der Waals surface area contributed by atoms with Crippen LogP contribution in [0.15, 0.2) is 30.5 Å². The summed E-state index contributed by atoms with van der Waals surface area (Å²) >= 11 is 12.1. The van der Waals surface area contributed by atoms with E-state index >= 15 is 0 Å². The first-order valence-corrected chi connectivity index (χ1v) is 5.76. The molecule has 0 saturated carbocycles. The normalized spacial score (nSPS) is 10.3. The molecule has 0 radical (unpaired) electrons. The van der Waals surface area contributed by atoms with Gasteiger partial charge in [0.25, 0.3) is 0 Å². The molecule has 0 unspecified atom stereocenters. The fourth-order valence-electron chi connectivity index (χ4n) is 1.64. The number of hydrogen-bond acceptors (Lipinski definition) is 2. The SMILES string of the molecule is Cc1c(C=O)ccnc1-c1cccc(Cl)c1Cl. The maximum Gasteiger partial charge on any atom is 0.150 e. The molecule has 1 aromatic heterocycles. The molecule has 0 aliphatic carbocycles. The Morgan fingerprint density at radius 3 is 2.71 bits per heavy atom. The first-order valence-electron chi connectivity index (χ1n) is 5.00. The molecule has 86 valence electrons. The average molecular weight is 266 g/mol. The third kappa shape index (κ3) is 2.19. The van der Waals surface area contributed by atoms with Crippen LogP contribution in [-0.2, 0) is 0 Å². The number of hydrogen-bond donors (Lipinski definition) is 0. The lowest BCUT2D eigenvalue weighted by molar-refractivity contribution is 0.112. The highest BCUT2D eigenvalue weighted by atomic mass is 35.5. The molecule has 0 saturated heterocycles. The van der Waals surface area contributed by atoms with Crippen LogP contribution in [0.2, 0.25) is 10.0 Å². The van der Waals surface area contributed by atoms with Gasteiger partial charge >= 0.3 is 0 Å². The predicted molar refractivity (Wildman–Crippen MR) is 69.8 cm³/mol. The van der Waals surface area contributed by atoms with Crippen molar-refractivity contribution in [2.45, 2.75) is 6.92 Å². The molecule has 0 N–H and O–H groups in total. The van der Waals surface area contributed by atoms with Crippen LogP contribution in [-0.4, -0.2) is 11.3 Å². The van der Waals surface area contributed by atoms with Crippen molar-refractivity contribution in [3.63, 3.8) is 0 Å². The summed E-state index contributed by atoms with van der Waals surface area (Å²) in [4.78, 5) is 15.1. The summed E-state index contributed by atoms with van der Waals surface area (Å²) in [7, 11) is 0. The summed E-state index contributed by atoms with van der Waals surface area (Å²) in [6.45, 7) is 1.84. The topological polar surface area (TPSA) is 30.0 Å². The second kappa shape index (κ2) is 4.86. The van der Waals surface area contributed by atoms with Crippen LogP contribution in [0.5, 0.6) is 0 Å². The molecule has 0 fully saturated rings. The van der Waals surface area contributed by atoms with Crippen molar-refractivity contribution in [3.05, 3.63) is 51.6 Å². The van der Waals surface area contributed by atoms with Crippen molar-refractivity contribution in [2.24, 2.45) is 0 Å². The van der Waals surface area contributed by atoms with E-state index in [0.717, 1.165) is 17.4 Å². The van der Waals surface area contributed by atoms with E-state index < -0.39 is 0 Å². The monoisotopic (exact) mass is 265 g/mol. The van der Waals surface area contributed by atoms with Crippen molar-refractivity contribution in [1.29, 1.82) is 0 Å². The van der Waals surface area contributed by atoms with Crippen LogP contribution in [0.1, 0.15) is 15.9 Å². The van der Waals surface area contributed by atoms with Crippen LogP contribution < -0.4 is 0 Å². The number of carbonyl (C=O) groups excluding carboxylic acids is 1. The van der Waals surface area contributed by atoms with Gasteiger partial charge in [0, 0.05) is 17.3 Å². The van der Waals surface area contributed by atoms with E-state index in [1.165, 1.54) is 0 Å². The van der Waals surface area contributed by atoms with Gasteiger partial charge in [0.2, 0.25) is 0 Å². The highest BCUT2D eigenvalue weighted by Gasteiger charge is 2.12. The number of nitrogens with zero attached hydrogens (tertiary/aromatic N) is 1. The molecular weight excluding hydrogens is 257 g/mol. The lowest BCUT2D eigenvalue weighted by atomic mass is 10.0. The van der Waals surface area contributed by atoms with Gasteiger partial charge in [-0.1, -0.05) is 35.3 Å². The van der Waals surface area contributed by atoms with E-state index in [1.54, 1.807) is 24.4 Å². The number of carbonyl (C=O) groups is 1. The lowest BCUT2D eigenvalue weighted by Gasteiger charge is -2.09. The number of aldehydes is 1. The van der Waals surface area contributed by atoms with Crippen molar-refractivity contribution < 1.29 is 4.79 Å². The number of pyridine rings is 1. The summed E-state index contributed by atoms with van der Waals surface area (Å²) < 4.78 is 0. The second-order valence-electron chi connectivity index (χ2n) is 3.59. The Morgan fingerprint density at radius 1 is 1.24 bits per heavy atom. The largest absolute Gasteiger partial charge is 0.298 e. The molecule has 2 rings (SSSR count). The smallest absolute Gasteiger partial charge is 0.150 e. The maximum absolute atomic E-state index is 10.9. The first-order chi connectivity index (χ1) is 8.15. The molecular formula is C13H9Cl2NO. The van der Waals surface area contributed by atoms with Crippen molar-refractivity contribution in [2.75, 3.05) is 0 Å². The van der Waals surface area contributed by atoms with Crippen molar-refractivity contribution in [3.8, 4) is 11.3 Å². The van der Waals surface area contributed by atoms with Crippen LogP contribution >= 0.6 is 23.2 Å². The lowest BCUT2D eigenvalue weighted by Crippen LogP contribution is -1.94. The number of rotatable bonds is 2. The summed E-state index contributed by atoms with van der Waals surface area (Å²) in [5.74, 6) is 0. The zero-order valence-electron chi connectivity index (χ0n) is 9.08. The third-order valence-corrected chi connectivity index (χ3v) is 3.40. The van der Waals surface area contributed by atoms with Gasteiger partial charge in [0.1, 0.15) is 6.29 Å². The summed E-state index contributed by atoms with van der Waals surface area (Å²) in [5, 5.41) is 0.926. The predicted octanol–water partition coefficient (Wildman–Crippen LogP) is 4.18. The van der Waals surface area contributed by atoms with Crippen LogP contribution in [0.3, 0.4) is 0 Å². The molecule has 2 nitrogen and oxygen atoms in total. The standard InChI is InChI=1S/C13H9Cl2NO/c1-8-9(7-17)5-6-16-13(8)10-3-2-4-11(14)12(10)15/h2-7H,1H3. The number of benzene rings is 1. The zero-order valence-corrected chi connectivity index (χ0v) is 10.6. The van der Waals surface area contributed by atoms with E-state index in [0.29, 0.717) is 21.3 Å². The fourth-order valence-corrected chi connectivity index (χ4v) is 2.03. The van der Waals surface area contributed by atoms with E-state index in [9.17, 15) is 4.79 Å². The van der Waals surface area contributed by atoms with Crippen LogP contribution in [0, 0.1) is 6.92 Å². The highest BCUT2D eigenvalue weighted by molar-refractivity contribution is 6.43. The van der Waals surface area contributed by atoms with Crippen molar-refractivity contribution in [1.82, 2.24) is 4.98 Å². The Hall–Kier alpha value is -1.38. The summed E-state index contributed by atoms with van der Waals surface area (Å²) in [6.07, 6.45) is 2.39. The molecule has 0 amide bonds. The Morgan fingerprint density at radius 2 is 2.00 bits per heavy atom. The number of aromatic nitrogens is 1. The maximum atomic E-state index is 10.9. The van der Waals surface area contributed by atoms with Gasteiger partial charge in [-0.05, 0) is 24.6 Å². The van der Waals surface area contributed by atoms with Crippen LogP contribution in [0.4, 0.5) is 0 Å². The minimum Gasteiger partial charge on any atom is -0.298 e. The number of halogens is 2. The molecule has 0 aliphatic heterocycles. The molecule has 1 aromatic carbocycles. The van der Waals surface area contributed by atoms with Crippen molar-refractivity contribution >= 4 is 29.5 Å². The Labute approximate surface area is 109 Å². The minimum absolute atomic E-state index is 0.452. The van der Waals surface area contributed by atoms with Gasteiger partial charge in [-0.2, -0.15) is 0 Å². The average Bonchev–Trinajstić information content (AvgIpc) is 2.33. The zero-order chi connectivity index (χ0) is 12.4. The molecule has 2 aromatic rings. The molecule has 4 heteroatoms. The van der Waals surface area contributed by atoms with Gasteiger partial charge in [0.05, 0.1) is 15.7 Å². The molecule has 1 heterocycles. The van der Waals surface area contributed by atoms with Gasteiger partial charge in [0.15, 0.2) is 0 Å². The summed E-state index contributed by atoms with van der Waals surface area (Å²) in [5.41, 5.74) is 2.82. The molecule has 0 spiro atoms. The fraction of sp³-hybridized carbons (Fsp3) is 0.0769. The minimum atomic E-state index is 0.452. The van der Waals surface area contributed by atoms with Gasteiger partial charge < -0.3 is 0 Å².